The molecule has 0 saturated carbocycles. The van der Waals surface area contributed by atoms with Crippen LogP contribution in [0.5, 0.6) is 5.75 Å². The van der Waals surface area contributed by atoms with Crippen LogP contribution in [0.25, 0.3) is 23.1 Å². The van der Waals surface area contributed by atoms with Crippen molar-refractivity contribution in [3.05, 3.63) is 114 Å². The van der Waals surface area contributed by atoms with E-state index < -0.39 is 19.7 Å². The SMILES string of the molecule is CNC(=O)c1ccccc1Sc1ccc2c(/C=C/c3ccccn3)nn([P@@](=O)(N[C@@H](C)C(=O)OC(C)C)Oc3ccccc3)c2c1. The Morgan fingerprint density at radius 2 is 1.67 bits per heavy atom. The Bertz CT molecular complexity index is 1910. The summed E-state index contributed by atoms with van der Waals surface area (Å²) >= 11 is 1.39. The molecular weight excluding hydrogens is 621 g/mol. The number of benzene rings is 3. The first-order chi connectivity index (χ1) is 22.2. The summed E-state index contributed by atoms with van der Waals surface area (Å²) in [6.07, 6.45) is 4.93. The Balaban J connectivity index is 1.65. The molecule has 10 nitrogen and oxygen atoms in total. The normalized spacial score (nSPS) is 13.4. The van der Waals surface area contributed by atoms with Gasteiger partial charge in [-0.05, 0) is 87.5 Å². The van der Waals surface area contributed by atoms with Crippen molar-refractivity contribution < 1.29 is 23.4 Å². The molecule has 0 aliphatic rings. The van der Waals surface area contributed by atoms with Crippen molar-refractivity contribution in [3.63, 3.8) is 0 Å². The van der Waals surface area contributed by atoms with Gasteiger partial charge in [-0.15, -0.1) is 0 Å². The average Bonchev–Trinajstić information content (AvgIpc) is 3.43. The second-order valence-electron chi connectivity index (χ2n) is 10.5. The number of nitrogens with zero attached hydrogens (tertiary/aromatic N) is 3. The molecule has 2 N–H and O–H groups in total. The summed E-state index contributed by atoms with van der Waals surface area (Å²) in [5.41, 5.74) is 2.24. The minimum atomic E-state index is -4.17. The van der Waals surface area contributed by atoms with Crippen LogP contribution in [0.15, 0.2) is 107 Å². The number of rotatable bonds is 12. The average molecular weight is 656 g/mol. The van der Waals surface area contributed by atoms with Crippen LogP contribution in [0.4, 0.5) is 0 Å². The van der Waals surface area contributed by atoms with Crippen LogP contribution in [0, 0.1) is 0 Å². The number of amides is 1. The van der Waals surface area contributed by atoms with Crippen molar-refractivity contribution in [3.8, 4) is 5.75 Å². The highest BCUT2D eigenvalue weighted by Gasteiger charge is 2.36. The van der Waals surface area contributed by atoms with E-state index in [4.69, 9.17) is 14.4 Å². The summed E-state index contributed by atoms with van der Waals surface area (Å²) < 4.78 is 27.9. The van der Waals surface area contributed by atoms with Crippen LogP contribution in [-0.4, -0.2) is 45.6 Å². The van der Waals surface area contributed by atoms with Crippen molar-refractivity contribution in [1.29, 1.82) is 0 Å². The molecule has 2 heterocycles. The van der Waals surface area contributed by atoms with E-state index in [0.29, 0.717) is 27.9 Å². The lowest BCUT2D eigenvalue weighted by molar-refractivity contribution is -0.149. The highest BCUT2D eigenvalue weighted by atomic mass is 32.2. The first kappa shape index (κ1) is 32.7. The molecule has 0 spiro atoms. The maximum Gasteiger partial charge on any atom is 0.440 e. The van der Waals surface area contributed by atoms with Crippen LogP contribution >= 0.6 is 19.4 Å². The molecule has 1 amide bonds. The summed E-state index contributed by atoms with van der Waals surface area (Å²) in [5, 5.41) is 11.1. The van der Waals surface area contributed by atoms with Crippen molar-refractivity contribution in [2.75, 3.05) is 7.05 Å². The third kappa shape index (κ3) is 7.74. The van der Waals surface area contributed by atoms with Crippen molar-refractivity contribution in [2.45, 2.75) is 42.7 Å². The van der Waals surface area contributed by atoms with Gasteiger partial charge in [0.1, 0.15) is 11.8 Å². The van der Waals surface area contributed by atoms with Crippen LogP contribution in [-0.2, 0) is 14.1 Å². The molecule has 0 bridgehead atoms. The fraction of sp³-hybridized carbons (Fsp3) is 0.176. The highest BCUT2D eigenvalue weighted by Crippen LogP contribution is 2.48. The number of carbonyl (C=O) groups is 2. The molecule has 0 aliphatic heterocycles. The van der Waals surface area contributed by atoms with Crippen LogP contribution < -0.4 is 14.9 Å². The van der Waals surface area contributed by atoms with E-state index in [1.165, 1.54) is 16.2 Å². The van der Waals surface area contributed by atoms with Gasteiger partial charge in [0.2, 0.25) is 0 Å². The standard InChI is InChI=1S/C34H34N5O5PS/c1-23(2)43-34(41)24(3)38-45(42,44-26-13-6-5-7-14-26)39-31-22-27(46-32-16-9-8-15-29(32)33(40)35-4)18-19-28(31)30(37-39)20-17-25-12-10-11-21-36-25/h5-24H,1-4H3,(H,35,40)(H,38,42)/b20-17+/t24-,45+/m0/s1. The third-order valence-electron chi connectivity index (χ3n) is 6.63. The molecule has 0 saturated heterocycles. The smallest absolute Gasteiger partial charge is 0.440 e. The summed E-state index contributed by atoms with van der Waals surface area (Å²) in [7, 11) is -2.58. The van der Waals surface area contributed by atoms with Gasteiger partial charge in [-0.3, -0.25) is 14.6 Å². The number of carbonyl (C=O) groups excluding carboxylic acids is 2. The first-order valence-electron chi connectivity index (χ1n) is 14.6. The highest BCUT2D eigenvalue weighted by molar-refractivity contribution is 7.99. The summed E-state index contributed by atoms with van der Waals surface area (Å²) in [5.74, 6) is -0.467. The number of aromatic nitrogens is 3. The first-order valence-corrected chi connectivity index (χ1v) is 17.0. The zero-order chi connectivity index (χ0) is 32.7. The molecule has 3 aromatic carbocycles. The van der Waals surface area contributed by atoms with Crippen LogP contribution in [0.1, 0.15) is 42.5 Å². The van der Waals surface area contributed by atoms with E-state index in [2.05, 4.69) is 15.4 Å². The van der Waals surface area contributed by atoms with Gasteiger partial charge >= 0.3 is 13.6 Å². The van der Waals surface area contributed by atoms with Gasteiger partial charge in [0.25, 0.3) is 5.91 Å². The molecule has 0 aliphatic carbocycles. The number of hydrogen-bond donors (Lipinski definition) is 2. The maximum absolute atomic E-state index is 15.0. The van der Waals surface area contributed by atoms with Gasteiger partial charge < -0.3 is 14.6 Å². The second kappa shape index (κ2) is 14.6. The number of fused-ring (bicyclic) bond motifs is 1. The topological polar surface area (TPSA) is 124 Å². The summed E-state index contributed by atoms with van der Waals surface area (Å²) in [6, 6.07) is 26.2. The number of para-hydroxylation sites is 1. The van der Waals surface area contributed by atoms with Crippen molar-refractivity contribution >= 4 is 54.4 Å². The molecule has 0 fully saturated rings. The van der Waals surface area contributed by atoms with E-state index in [1.54, 1.807) is 76.5 Å². The molecule has 5 aromatic rings. The Kier molecular flexibility index (Phi) is 10.4. The predicted octanol–water partition coefficient (Wildman–Crippen LogP) is 7.08. The minimum absolute atomic E-state index is 0.205. The minimum Gasteiger partial charge on any atom is -0.462 e. The second-order valence-corrected chi connectivity index (χ2v) is 13.5. The molecule has 0 radical (unpaired) electrons. The van der Waals surface area contributed by atoms with Gasteiger partial charge in [0.15, 0.2) is 0 Å². The number of nitrogens with one attached hydrogen (secondary N) is 2. The van der Waals surface area contributed by atoms with E-state index in [1.807, 2.05) is 60.7 Å². The predicted molar refractivity (Wildman–Crippen MR) is 181 cm³/mol. The number of ether oxygens (including phenoxy) is 1. The van der Waals surface area contributed by atoms with E-state index >= 15 is 4.57 Å². The van der Waals surface area contributed by atoms with Gasteiger partial charge in [-0.1, -0.05) is 48.2 Å². The fourth-order valence-corrected chi connectivity index (χ4v) is 7.39. The lowest BCUT2D eigenvalue weighted by atomic mass is 10.2. The Hall–Kier alpha value is -4.70. The Morgan fingerprint density at radius 3 is 2.39 bits per heavy atom. The van der Waals surface area contributed by atoms with Gasteiger partial charge in [-0.2, -0.15) is 9.55 Å². The zero-order valence-corrected chi connectivity index (χ0v) is 27.5. The monoisotopic (exact) mass is 655 g/mol. The third-order valence-corrected chi connectivity index (χ3v) is 9.67. The molecule has 46 heavy (non-hydrogen) atoms. The molecule has 236 valence electrons. The number of esters is 1. The molecular formula is C34H34N5O5PS. The Labute approximate surface area is 271 Å². The largest absolute Gasteiger partial charge is 0.462 e. The fourth-order valence-electron chi connectivity index (χ4n) is 4.51. The zero-order valence-electron chi connectivity index (χ0n) is 25.8. The van der Waals surface area contributed by atoms with Crippen molar-refractivity contribution in [1.82, 2.24) is 24.9 Å². The molecule has 5 rings (SSSR count). The summed E-state index contributed by atoms with van der Waals surface area (Å²) in [6.45, 7) is 5.05. The molecule has 0 unspecified atom stereocenters. The maximum atomic E-state index is 15.0. The number of pyridine rings is 1. The van der Waals surface area contributed by atoms with Crippen LogP contribution in [0.2, 0.25) is 0 Å². The van der Waals surface area contributed by atoms with E-state index in [-0.39, 0.29) is 12.0 Å². The van der Waals surface area contributed by atoms with E-state index in [9.17, 15) is 9.59 Å². The van der Waals surface area contributed by atoms with Crippen LogP contribution in [0.3, 0.4) is 0 Å². The molecule has 2 atom stereocenters. The van der Waals surface area contributed by atoms with E-state index in [0.717, 1.165) is 15.5 Å². The van der Waals surface area contributed by atoms with Gasteiger partial charge in [0, 0.05) is 28.4 Å². The van der Waals surface area contributed by atoms with Crippen molar-refractivity contribution in [2.24, 2.45) is 0 Å². The summed E-state index contributed by atoms with van der Waals surface area (Å²) in [4.78, 5) is 31.3. The quantitative estimate of drug-likeness (QED) is 0.107. The lowest BCUT2D eigenvalue weighted by Gasteiger charge is -2.24. The van der Waals surface area contributed by atoms with Gasteiger partial charge in [0.05, 0.1) is 28.6 Å². The Morgan fingerprint density at radius 1 is 0.935 bits per heavy atom. The molecule has 2 aromatic heterocycles. The van der Waals surface area contributed by atoms with Gasteiger partial charge in [-0.25, -0.2) is 9.65 Å². The lowest BCUT2D eigenvalue weighted by Crippen LogP contribution is -2.37. The molecule has 12 heteroatoms. The number of hydrogen-bond acceptors (Lipinski definition) is 8.